The van der Waals surface area contributed by atoms with Crippen LogP contribution in [0.25, 0.3) is 0 Å². The molecule has 29 heavy (non-hydrogen) atoms. The highest BCUT2D eigenvalue weighted by atomic mass is 32.2. The molecule has 2 aromatic rings. The number of amides is 2. The first-order valence-electron chi connectivity index (χ1n) is 9.23. The molecule has 0 atom stereocenters. The number of methoxy groups -OCH3 is 2. The molecule has 0 spiro atoms. The predicted octanol–water partition coefficient (Wildman–Crippen LogP) is 2.60. The summed E-state index contributed by atoms with van der Waals surface area (Å²) >= 11 is 0. The Hall–Kier alpha value is -2.62. The minimum absolute atomic E-state index is 0.00270. The third kappa shape index (κ3) is 5.93. The number of urea groups is 1. The fourth-order valence-electron chi connectivity index (χ4n) is 2.71. The van der Waals surface area contributed by atoms with E-state index in [2.05, 4.69) is 15.4 Å². The molecule has 0 heterocycles. The molecule has 2 aromatic carbocycles. The number of nitrogens with one attached hydrogen (secondary N) is 3. The van der Waals surface area contributed by atoms with E-state index >= 15 is 0 Å². The van der Waals surface area contributed by atoms with Crippen molar-refractivity contribution in [3.8, 4) is 5.75 Å². The summed E-state index contributed by atoms with van der Waals surface area (Å²) in [6, 6.07) is 11.6. The fraction of sp³-hybridized carbons (Fsp3) is 0.350. The van der Waals surface area contributed by atoms with Crippen molar-refractivity contribution in [2.24, 2.45) is 0 Å². The third-order valence-electron chi connectivity index (χ3n) is 4.42. The molecule has 8 nitrogen and oxygen atoms in total. The first-order valence-corrected chi connectivity index (χ1v) is 10.7. The van der Waals surface area contributed by atoms with Gasteiger partial charge in [0.15, 0.2) is 0 Å². The highest BCUT2D eigenvalue weighted by Crippen LogP contribution is 2.29. The number of rotatable bonds is 9. The molecule has 0 unspecified atom stereocenters. The third-order valence-corrected chi connectivity index (χ3v) is 5.93. The molecule has 156 valence electrons. The number of anilines is 1. The highest BCUT2D eigenvalue weighted by molar-refractivity contribution is 7.89. The van der Waals surface area contributed by atoms with Gasteiger partial charge in [0.1, 0.15) is 5.75 Å². The Morgan fingerprint density at radius 1 is 1.07 bits per heavy atom. The maximum absolute atomic E-state index is 12.4. The second kappa shape index (κ2) is 9.25. The molecule has 3 N–H and O–H groups in total. The Labute approximate surface area is 170 Å². The van der Waals surface area contributed by atoms with Gasteiger partial charge in [-0.1, -0.05) is 24.3 Å². The Morgan fingerprint density at radius 3 is 2.38 bits per heavy atom. The van der Waals surface area contributed by atoms with E-state index in [9.17, 15) is 13.2 Å². The van der Waals surface area contributed by atoms with Crippen LogP contribution < -0.4 is 20.1 Å². The molecular formula is C20H25N3O5S. The van der Waals surface area contributed by atoms with Crippen LogP contribution in [0.2, 0.25) is 0 Å². The number of ether oxygens (including phenoxy) is 2. The highest BCUT2D eigenvalue weighted by Gasteiger charge is 2.28. The summed E-state index contributed by atoms with van der Waals surface area (Å²) in [5.74, 6) is 0.370. The average molecular weight is 420 g/mol. The zero-order valence-corrected chi connectivity index (χ0v) is 17.2. The van der Waals surface area contributed by atoms with Crippen LogP contribution in [-0.2, 0) is 27.9 Å². The van der Waals surface area contributed by atoms with E-state index in [4.69, 9.17) is 9.47 Å². The molecule has 0 radical (unpaired) electrons. The lowest BCUT2D eigenvalue weighted by atomic mass is 10.1. The van der Waals surface area contributed by atoms with E-state index in [1.54, 1.807) is 7.11 Å². The number of carbonyl (C=O) groups is 1. The van der Waals surface area contributed by atoms with Crippen molar-refractivity contribution in [1.82, 2.24) is 10.0 Å². The second-order valence-corrected chi connectivity index (χ2v) is 8.53. The first-order chi connectivity index (χ1) is 13.9. The average Bonchev–Trinajstić information content (AvgIpc) is 3.51. The molecule has 9 heteroatoms. The van der Waals surface area contributed by atoms with E-state index in [-0.39, 0.29) is 16.6 Å². The monoisotopic (exact) mass is 419 g/mol. The normalized spacial score (nSPS) is 13.7. The molecular weight excluding hydrogens is 394 g/mol. The molecule has 1 aliphatic carbocycles. The summed E-state index contributed by atoms with van der Waals surface area (Å²) in [7, 11) is -0.542. The Balaban J connectivity index is 1.64. The predicted molar refractivity (Wildman–Crippen MR) is 109 cm³/mol. The summed E-state index contributed by atoms with van der Waals surface area (Å²) in [5.41, 5.74) is 2.25. The van der Waals surface area contributed by atoms with Crippen LogP contribution in [0.1, 0.15) is 24.0 Å². The van der Waals surface area contributed by atoms with Gasteiger partial charge in [-0.2, -0.15) is 0 Å². The van der Waals surface area contributed by atoms with Crippen LogP contribution in [0.15, 0.2) is 47.4 Å². The lowest BCUT2D eigenvalue weighted by molar-refractivity contribution is 0.185. The second-order valence-electron chi connectivity index (χ2n) is 6.81. The molecule has 2 amide bonds. The number of carbonyl (C=O) groups excluding carboxylic acids is 1. The minimum atomic E-state index is -3.63. The smallest absolute Gasteiger partial charge is 0.319 e. The molecule has 1 saturated carbocycles. The SMILES string of the molecule is COCc1ccc(CNC(=O)Nc2cc(S(=O)(=O)NC3CC3)ccc2OC)cc1. The number of hydrogen-bond acceptors (Lipinski definition) is 5. The molecule has 0 saturated heterocycles. The van der Waals surface area contributed by atoms with Gasteiger partial charge in [0.2, 0.25) is 10.0 Å². The fourth-order valence-corrected chi connectivity index (χ4v) is 4.04. The maximum Gasteiger partial charge on any atom is 0.319 e. The van der Waals surface area contributed by atoms with Crippen molar-refractivity contribution in [3.63, 3.8) is 0 Å². The van der Waals surface area contributed by atoms with Crippen LogP contribution in [0.4, 0.5) is 10.5 Å². The first kappa shape index (κ1) is 21.1. The summed E-state index contributed by atoms with van der Waals surface area (Å²) < 4.78 is 37.8. The lowest BCUT2D eigenvalue weighted by Gasteiger charge is -2.13. The summed E-state index contributed by atoms with van der Waals surface area (Å²) in [6.07, 6.45) is 1.69. The van der Waals surface area contributed by atoms with Gasteiger partial charge in [0.05, 0.1) is 24.3 Å². The summed E-state index contributed by atoms with van der Waals surface area (Å²) in [5, 5.41) is 5.41. The topological polar surface area (TPSA) is 106 Å². The Kier molecular flexibility index (Phi) is 6.73. The van der Waals surface area contributed by atoms with Gasteiger partial charge in [0.25, 0.3) is 0 Å². The minimum Gasteiger partial charge on any atom is -0.495 e. The van der Waals surface area contributed by atoms with Gasteiger partial charge in [-0.3, -0.25) is 0 Å². The van der Waals surface area contributed by atoms with E-state index in [0.29, 0.717) is 18.9 Å². The van der Waals surface area contributed by atoms with Crippen molar-refractivity contribution in [3.05, 3.63) is 53.6 Å². The van der Waals surface area contributed by atoms with Crippen molar-refractivity contribution in [1.29, 1.82) is 0 Å². The number of sulfonamides is 1. The van der Waals surface area contributed by atoms with Gasteiger partial charge >= 0.3 is 6.03 Å². The van der Waals surface area contributed by atoms with Gasteiger partial charge in [-0.25, -0.2) is 17.9 Å². The van der Waals surface area contributed by atoms with Gasteiger partial charge in [-0.15, -0.1) is 0 Å². The van der Waals surface area contributed by atoms with E-state index in [1.807, 2.05) is 24.3 Å². The van der Waals surface area contributed by atoms with Crippen LogP contribution in [-0.4, -0.2) is 34.7 Å². The summed E-state index contributed by atoms with van der Waals surface area (Å²) in [4.78, 5) is 12.4. The maximum atomic E-state index is 12.4. The molecule has 0 aliphatic heterocycles. The molecule has 3 rings (SSSR count). The number of hydrogen-bond donors (Lipinski definition) is 3. The summed E-state index contributed by atoms with van der Waals surface area (Å²) in [6.45, 7) is 0.853. The van der Waals surface area contributed by atoms with E-state index in [0.717, 1.165) is 24.0 Å². The largest absolute Gasteiger partial charge is 0.495 e. The van der Waals surface area contributed by atoms with Gasteiger partial charge < -0.3 is 20.1 Å². The molecule has 1 aliphatic rings. The van der Waals surface area contributed by atoms with Crippen LogP contribution in [0, 0.1) is 0 Å². The Morgan fingerprint density at radius 2 is 1.76 bits per heavy atom. The molecule has 0 aromatic heterocycles. The standard InChI is InChI=1S/C20H25N3O5S/c1-27-13-15-5-3-14(4-6-15)12-21-20(24)22-18-11-17(9-10-19(18)28-2)29(25,26)23-16-7-8-16/h3-6,9-11,16,23H,7-8,12-13H2,1-2H3,(H2,21,22,24). The van der Waals surface area contributed by atoms with E-state index < -0.39 is 16.1 Å². The van der Waals surface area contributed by atoms with Crippen molar-refractivity contribution in [2.75, 3.05) is 19.5 Å². The van der Waals surface area contributed by atoms with Gasteiger partial charge in [0, 0.05) is 19.7 Å². The van der Waals surface area contributed by atoms with Crippen molar-refractivity contribution < 1.29 is 22.7 Å². The van der Waals surface area contributed by atoms with Crippen molar-refractivity contribution >= 4 is 21.7 Å². The van der Waals surface area contributed by atoms with E-state index in [1.165, 1.54) is 25.3 Å². The van der Waals surface area contributed by atoms with Crippen LogP contribution >= 0.6 is 0 Å². The zero-order chi connectivity index (χ0) is 20.9. The van der Waals surface area contributed by atoms with Gasteiger partial charge in [-0.05, 0) is 42.2 Å². The van der Waals surface area contributed by atoms with Crippen LogP contribution in [0.3, 0.4) is 0 Å². The zero-order valence-electron chi connectivity index (χ0n) is 16.4. The van der Waals surface area contributed by atoms with Crippen LogP contribution in [0.5, 0.6) is 5.75 Å². The molecule has 0 bridgehead atoms. The number of benzene rings is 2. The lowest BCUT2D eigenvalue weighted by Crippen LogP contribution is -2.29. The Bertz CT molecular complexity index is 957. The quantitative estimate of drug-likeness (QED) is 0.579. The molecule has 1 fully saturated rings. The van der Waals surface area contributed by atoms with Crippen molar-refractivity contribution in [2.45, 2.75) is 36.9 Å².